The third kappa shape index (κ3) is 4.31. The Bertz CT molecular complexity index is 102. The summed E-state index contributed by atoms with van der Waals surface area (Å²) >= 11 is 0. The third-order valence-electron chi connectivity index (χ3n) is 1.52. The van der Waals surface area contributed by atoms with Crippen LogP contribution in [0.1, 0.15) is 13.8 Å². The van der Waals surface area contributed by atoms with Crippen molar-refractivity contribution in [1.82, 2.24) is 5.32 Å². The van der Waals surface area contributed by atoms with E-state index in [0.29, 0.717) is 6.54 Å². The van der Waals surface area contributed by atoms with Crippen molar-refractivity contribution in [2.75, 3.05) is 19.8 Å². The fourth-order valence-corrected chi connectivity index (χ4v) is 0.556. The highest BCUT2D eigenvalue weighted by Crippen LogP contribution is 1.99. The first-order valence-corrected chi connectivity index (χ1v) is 3.69. The molecule has 0 radical (unpaired) electrons. The number of β-amino-alcohol motifs (C(OH)–C–C–N with tert-alkyl or cyclic N) is 1. The van der Waals surface area contributed by atoms with E-state index in [1.54, 1.807) is 13.8 Å². The summed E-state index contributed by atoms with van der Waals surface area (Å²) < 4.78 is 0. The van der Waals surface area contributed by atoms with Gasteiger partial charge < -0.3 is 20.6 Å². The smallest absolute Gasteiger partial charge is 0.0636 e. The molecular formula is C7H17NO3. The first-order valence-electron chi connectivity index (χ1n) is 3.69. The zero-order chi connectivity index (χ0) is 8.91. The Morgan fingerprint density at radius 1 is 1.36 bits per heavy atom. The summed E-state index contributed by atoms with van der Waals surface area (Å²) in [7, 11) is 0. The molecule has 4 N–H and O–H groups in total. The van der Waals surface area contributed by atoms with Gasteiger partial charge in [-0.05, 0) is 13.8 Å². The highest BCUT2D eigenvalue weighted by atomic mass is 16.3. The minimum atomic E-state index is -0.684. The van der Waals surface area contributed by atoms with Crippen LogP contribution in [-0.4, -0.2) is 46.7 Å². The van der Waals surface area contributed by atoms with Gasteiger partial charge in [-0.1, -0.05) is 0 Å². The second kappa shape index (κ2) is 4.66. The van der Waals surface area contributed by atoms with Gasteiger partial charge in [0, 0.05) is 6.54 Å². The van der Waals surface area contributed by atoms with Crippen molar-refractivity contribution in [3.63, 3.8) is 0 Å². The molecular weight excluding hydrogens is 146 g/mol. The number of aliphatic hydroxyl groups is 3. The van der Waals surface area contributed by atoms with Crippen molar-refractivity contribution >= 4 is 0 Å². The topological polar surface area (TPSA) is 72.7 Å². The van der Waals surface area contributed by atoms with Crippen LogP contribution in [0.15, 0.2) is 0 Å². The lowest BCUT2D eigenvalue weighted by atomic mass is 10.1. The van der Waals surface area contributed by atoms with Crippen LogP contribution in [0, 0.1) is 0 Å². The van der Waals surface area contributed by atoms with Crippen molar-refractivity contribution < 1.29 is 15.3 Å². The molecule has 0 saturated heterocycles. The normalized spacial score (nSPS) is 15.0. The minimum Gasteiger partial charge on any atom is -0.394 e. The molecule has 0 aliphatic heterocycles. The molecule has 0 aliphatic rings. The highest BCUT2D eigenvalue weighted by Gasteiger charge is 2.21. The number of hydrogen-bond acceptors (Lipinski definition) is 4. The molecule has 1 unspecified atom stereocenters. The Hall–Kier alpha value is -0.160. The molecule has 0 aromatic rings. The molecule has 4 nitrogen and oxygen atoms in total. The summed E-state index contributed by atoms with van der Waals surface area (Å²) in [6.45, 7) is 3.42. The Kier molecular flexibility index (Phi) is 4.60. The first-order chi connectivity index (χ1) is 5.04. The summed E-state index contributed by atoms with van der Waals surface area (Å²) in [5, 5.41) is 29.3. The first kappa shape index (κ1) is 10.8. The van der Waals surface area contributed by atoms with Crippen molar-refractivity contribution in [1.29, 1.82) is 0 Å². The zero-order valence-electron chi connectivity index (χ0n) is 7.04. The van der Waals surface area contributed by atoms with Gasteiger partial charge in [-0.15, -0.1) is 0 Å². The van der Waals surface area contributed by atoms with E-state index in [-0.39, 0.29) is 13.2 Å². The lowest BCUT2D eigenvalue weighted by Crippen LogP contribution is -2.51. The van der Waals surface area contributed by atoms with E-state index in [9.17, 15) is 0 Å². The average Bonchev–Trinajstić information content (AvgIpc) is 2.00. The van der Waals surface area contributed by atoms with Crippen LogP contribution in [-0.2, 0) is 0 Å². The number of nitrogens with one attached hydrogen (secondary N) is 1. The average molecular weight is 163 g/mol. The summed E-state index contributed by atoms with van der Waals surface area (Å²) in [6, 6.07) is 0. The molecule has 0 saturated carbocycles. The molecule has 11 heavy (non-hydrogen) atoms. The molecule has 0 heterocycles. The summed E-state index contributed by atoms with van der Waals surface area (Å²) in [4.78, 5) is 0. The van der Waals surface area contributed by atoms with Crippen molar-refractivity contribution in [2.24, 2.45) is 0 Å². The Balaban J connectivity index is 3.69. The monoisotopic (exact) mass is 163 g/mol. The Morgan fingerprint density at radius 2 is 1.82 bits per heavy atom. The summed E-state index contributed by atoms with van der Waals surface area (Å²) in [5.74, 6) is 0. The predicted molar refractivity (Wildman–Crippen MR) is 42.3 cm³/mol. The number of rotatable bonds is 5. The van der Waals surface area contributed by atoms with Crippen LogP contribution in [0.3, 0.4) is 0 Å². The van der Waals surface area contributed by atoms with Crippen molar-refractivity contribution in [2.45, 2.75) is 25.5 Å². The zero-order valence-corrected chi connectivity index (χ0v) is 7.04. The van der Waals surface area contributed by atoms with E-state index in [1.165, 1.54) is 0 Å². The van der Waals surface area contributed by atoms with Gasteiger partial charge in [0.25, 0.3) is 0 Å². The third-order valence-corrected chi connectivity index (χ3v) is 1.52. The molecule has 1 atom stereocenters. The van der Waals surface area contributed by atoms with E-state index in [0.717, 1.165) is 0 Å². The second-order valence-corrected chi connectivity index (χ2v) is 3.11. The van der Waals surface area contributed by atoms with Gasteiger partial charge in [0.15, 0.2) is 0 Å². The maximum Gasteiger partial charge on any atom is 0.0636 e. The Labute approximate surface area is 66.9 Å². The summed E-state index contributed by atoms with van der Waals surface area (Å²) in [5.41, 5.74) is -0.684. The fourth-order valence-electron chi connectivity index (χ4n) is 0.556. The van der Waals surface area contributed by atoms with Crippen LogP contribution in [0.25, 0.3) is 0 Å². The van der Waals surface area contributed by atoms with Gasteiger partial charge >= 0.3 is 0 Å². The maximum atomic E-state index is 8.88. The van der Waals surface area contributed by atoms with Crippen molar-refractivity contribution in [3.8, 4) is 0 Å². The standard InChI is InChI=1S/C7H17NO3/c1-6(11)3-8-7(2,4-9)5-10/h6,8-11H,3-5H2,1-2H3. The van der Waals surface area contributed by atoms with Gasteiger partial charge in [0.05, 0.1) is 24.9 Å². The maximum absolute atomic E-state index is 8.88. The lowest BCUT2D eigenvalue weighted by Gasteiger charge is -2.26. The highest BCUT2D eigenvalue weighted by molar-refractivity contribution is 4.81. The van der Waals surface area contributed by atoms with Gasteiger partial charge in [-0.2, -0.15) is 0 Å². The Morgan fingerprint density at radius 3 is 2.09 bits per heavy atom. The summed E-state index contributed by atoms with van der Waals surface area (Å²) in [6.07, 6.45) is -0.465. The largest absolute Gasteiger partial charge is 0.394 e. The number of aliphatic hydroxyl groups excluding tert-OH is 3. The molecule has 4 heteroatoms. The van der Waals surface area contributed by atoms with Crippen LogP contribution in [0.2, 0.25) is 0 Å². The van der Waals surface area contributed by atoms with Crippen LogP contribution in [0.5, 0.6) is 0 Å². The molecule has 0 bridgehead atoms. The molecule has 0 aromatic heterocycles. The van der Waals surface area contributed by atoms with Gasteiger partial charge in [0.2, 0.25) is 0 Å². The van der Waals surface area contributed by atoms with Crippen LogP contribution in [0.4, 0.5) is 0 Å². The minimum absolute atomic E-state index is 0.143. The van der Waals surface area contributed by atoms with Gasteiger partial charge in [-0.3, -0.25) is 0 Å². The van der Waals surface area contributed by atoms with E-state index in [2.05, 4.69) is 5.32 Å². The fraction of sp³-hybridized carbons (Fsp3) is 1.00. The van der Waals surface area contributed by atoms with Crippen LogP contribution >= 0.6 is 0 Å². The van der Waals surface area contributed by atoms with Crippen molar-refractivity contribution in [3.05, 3.63) is 0 Å². The second-order valence-electron chi connectivity index (χ2n) is 3.11. The molecule has 0 rings (SSSR count). The quantitative estimate of drug-likeness (QED) is 0.406. The number of hydrogen-bond donors (Lipinski definition) is 4. The van der Waals surface area contributed by atoms with E-state index in [1.807, 2.05) is 0 Å². The van der Waals surface area contributed by atoms with Gasteiger partial charge in [-0.25, -0.2) is 0 Å². The molecule has 0 aromatic carbocycles. The predicted octanol–water partition coefficient (Wildman–Crippen LogP) is -1.30. The van der Waals surface area contributed by atoms with Crippen LogP contribution < -0.4 is 5.32 Å². The molecule has 68 valence electrons. The SMILES string of the molecule is CC(O)CNC(C)(CO)CO. The molecule has 0 spiro atoms. The molecule has 0 fully saturated rings. The lowest BCUT2D eigenvalue weighted by molar-refractivity contribution is 0.0883. The molecule has 0 amide bonds. The van der Waals surface area contributed by atoms with E-state index >= 15 is 0 Å². The van der Waals surface area contributed by atoms with Gasteiger partial charge in [0.1, 0.15) is 0 Å². The van der Waals surface area contributed by atoms with E-state index in [4.69, 9.17) is 15.3 Å². The van der Waals surface area contributed by atoms with E-state index < -0.39 is 11.6 Å². The molecule has 0 aliphatic carbocycles.